The molecular weight excluding hydrogens is 376 g/mol. The molecule has 1 aliphatic heterocycles. The SMILES string of the molecule is Cc1ccccc1[C@H]1CN(C(=O)/C=C/c2ccccn2)Cc2sc(Cl)cc21. The van der Waals surface area contributed by atoms with Crippen molar-refractivity contribution in [3.63, 3.8) is 0 Å². The van der Waals surface area contributed by atoms with Gasteiger partial charge in [0.1, 0.15) is 0 Å². The van der Waals surface area contributed by atoms with Crippen LogP contribution in [0.3, 0.4) is 0 Å². The van der Waals surface area contributed by atoms with Crippen molar-refractivity contribution < 1.29 is 4.79 Å². The Labute approximate surface area is 167 Å². The fourth-order valence-electron chi connectivity index (χ4n) is 3.53. The monoisotopic (exact) mass is 394 g/mol. The van der Waals surface area contributed by atoms with Gasteiger partial charge in [-0.1, -0.05) is 41.9 Å². The first-order chi connectivity index (χ1) is 13.1. The van der Waals surface area contributed by atoms with Gasteiger partial charge < -0.3 is 4.90 Å². The molecule has 136 valence electrons. The minimum Gasteiger partial charge on any atom is -0.333 e. The fraction of sp³-hybridized carbons (Fsp3) is 0.182. The van der Waals surface area contributed by atoms with Gasteiger partial charge in [0.2, 0.25) is 5.91 Å². The molecule has 1 aromatic carbocycles. The van der Waals surface area contributed by atoms with Crippen LogP contribution in [0.1, 0.15) is 33.2 Å². The lowest BCUT2D eigenvalue weighted by Crippen LogP contribution is -2.37. The van der Waals surface area contributed by atoms with Crippen molar-refractivity contribution in [1.82, 2.24) is 9.88 Å². The number of nitrogens with zero attached hydrogens (tertiary/aromatic N) is 2. The fourth-order valence-corrected chi connectivity index (χ4v) is 4.89. The van der Waals surface area contributed by atoms with Crippen molar-refractivity contribution in [2.75, 3.05) is 6.54 Å². The second-order valence-electron chi connectivity index (χ2n) is 6.64. The van der Waals surface area contributed by atoms with Crippen LogP contribution in [0.5, 0.6) is 0 Å². The molecule has 0 radical (unpaired) electrons. The summed E-state index contributed by atoms with van der Waals surface area (Å²) in [6.45, 7) is 3.36. The molecule has 0 aliphatic carbocycles. The molecule has 0 saturated carbocycles. The maximum absolute atomic E-state index is 12.8. The first-order valence-corrected chi connectivity index (χ1v) is 10.0. The van der Waals surface area contributed by atoms with Crippen LogP contribution < -0.4 is 0 Å². The molecular formula is C22H19ClN2OS. The van der Waals surface area contributed by atoms with Gasteiger partial charge in [-0.05, 0) is 47.9 Å². The van der Waals surface area contributed by atoms with E-state index in [9.17, 15) is 4.79 Å². The molecule has 0 fully saturated rings. The van der Waals surface area contributed by atoms with Crippen molar-refractivity contribution in [3.8, 4) is 0 Å². The molecule has 1 atom stereocenters. The molecule has 2 aromatic heterocycles. The Balaban J connectivity index is 1.63. The van der Waals surface area contributed by atoms with E-state index in [1.54, 1.807) is 29.7 Å². The highest BCUT2D eigenvalue weighted by Crippen LogP contribution is 2.40. The summed E-state index contributed by atoms with van der Waals surface area (Å²) in [5, 5.41) is 0. The lowest BCUT2D eigenvalue weighted by molar-refractivity contribution is -0.127. The summed E-state index contributed by atoms with van der Waals surface area (Å²) in [5.41, 5.74) is 4.50. The van der Waals surface area contributed by atoms with Gasteiger partial charge in [0.25, 0.3) is 0 Å². The van der Waals surface area contributed by atoms with Crippen molar-refractivity contribution in [2.45, 2.75) is 19.4 Å². The second kappa shape index (κ2) is 7.67. The summed E-state index contributed by atoms with van der Waals surface area (Å²) in [5.74, 6) is 0.139. The number of carbonyl (C=O) groups excluding carboxylic acids is 1. The molecule has 5 heteroatoms. The van der Waals surface area contributed by atoms with Gasteiger partial charge in [0, 0.05) is 29.6 Å². The predicted molar refractivity (Wildman–Crippen MR) is 111 cm³/mol. The van der Waals surface area contributed by atoms with Crippen LogP contribution in [0.2, 0.25) is 4.34 Å². The van der Waals surface area contributed by atoms with E-state index in [1.807, 2.05) is 29.2 Å². The van der Waals surface area contributed by atoms with Crippen LogP contribution in [0, 0.1) is 6.92 Å². The lowest BCUT2D eigenvalue weighted by atomic mass is 9.86. The third kappa shape index (κ3) is 3.82. The maximum Gasteiger partial charge on any atom is 0.246 e. The topological polar surface area (TPSA) is 33.2 Å². The molecule has 0 bridgehead atoms. The van der Waals surface area contributed by atoms with Gasteiger partial charge in [0.15, 0.2) is 0 Å². The number of halogens is 1. The molecule has 27 heavy (non-hydrogen) atoms. The number of benzene rings is 1. The third-order valence-electron chi connectivity index (χ3n) is 4.88. The molecule has 0 unspecified atom stereocenters. The summed E-state index contributed by atoms with van der Waals surface area (Å²) in [4.78, 5) is 20.1. The largest absolute Gasteiger partial charge is 0.333 e. The summed E-state index contributed by atoms with van der Waals surface area (Å²) in [6.07, 6.45) is 5.10. The number of thiophene rings is 1. The molecule has 4 rings (SSSR count). The zero-order chi connectivity index (χ0) is 18.8. The van der Waals surface area contributed by atoms with E-state index in [0.29, 0.717) is 13.1 Å². The Hall–Kier alpha value is -2.43. The Kier molecular flexibility index (Phi) is 5.10. The Morgan fingerprint density at radius 1 is 1.22 bits per heavy atom. The van der Waals surface area contributed by atoms with E-state index >= 15 is 0 Å². The highest BCUT2D eigenvalue weighted by atomic mass is 35.5. The van der Waals surface area contributed by atoms with Gasteiger partial charge in [-0.15, -0.1) is 11.3 Å². The zero-order valence-corrected chi connectivity index (χ0v) is 16.5. The molecule has 1 amide bonds. The molecule has 0 saturated heterocycles. The van der Waals surface area contributed by atoms with Crippen LogP contribution in [-0.4, -0.2) is 22.3 Å². The summed E-state index contributed by atoms with van der Waals surface area (Å²) in [6, 6.07) is 16.1. The maximum atomic E-state index is 12.8. The number of fused-ring (bicyclic) bond motifs is 1. The zero-order valence-electron chi connectivity index (χ0n) is 14.9. The highest BCUT2D eigenvalue weighted by Gasteiger charge is 2.31. The van der Waals surface area contributed by atoms with Crippen molar-refractivity contribution >= 4 is 34.9 Å². The molecule has 0 N–H and O–H groups in total. The Morgan fingerprint density at radius 3 is 2.81 bits per heavy atom. The van der Waals surface area contributed by atoms with Gasteiger partial charge in [0.05, 0.1) is 16.6 Å². The smallest absolute Gasteiger partial charge is 0.246 e. The van der Waals surface area contributed by atoms with E-state index in [2.05, 4.69) is 36.2 Å². The molecule has 1 aliphatic rings. The summed E-state index contributed by atoms with van der Waals surface area (Å²) < 4.78 is 0.775. The van der Waals surface area contributed by atoms with E-state index in [1.165, 1.54) is 21.6 Å². The van der Waals surface area contributed by atoms with Crippen LogP contribution in [0.15, 0.2) is 60.8 Å². The number of hydrogen-bond acceptors (Lipinski definition) is 3. The number of aryl methyl sites for hydroxylation is 1. The van der Waals surface area contributed by atoms with Crippen LogP contribution in [-0.2, 0) is 11.3 Å². The lowest BCUT2D eigenvalue weighted by Gasteiger charge is -2.33. The number of aromatic nitrogens is 1. The van der Waals surface area contributed by atoms with Gasteiger partial charge in [-0.2, -0.15) is 0 Å². The van der Waals surface area contributed by atoms with Crippen molar-refractivity contribution in [2.24, 2.45) is 0 Å². The number of pyridine rings is 1. The number of hydrogen-bond donors (Lipinski definition) is 0. The highest BCUT2D eigenvalue weighted by molar-refractivity contribution is 7.16. The van der Waals surface area contributed by atoms with Gasteiger partial charge in [-0.3, -0.25) is 9.78 Å². The average molecular weight is 395 g/mol. The average Bonchev–Trinajstić information content (AvgIpc) is 3.07. The summed E-state index contributed by atoms with van der Waals surface area (Å²) >= 11 is 7.87. The third-order valence-corrected chi connectivity index (χ3v) is 6.15. The van der Waals surface area contributed by atoms with Crippen LogP contribution >= 0.6 is 22.9 Å². The number of rotatable bonds is 3. The summed E-state index contributed by atoms with van der Waals surface area (Å²) in [7, 11) is 0. The van der Waals surface area contributed by atoms with Crippen molar-refractivity contribution in [3.05, 3.63) is 92.4 Å². The minimum absolute atomic E-state index is 0.00518. The van der Waals surface area contributed by atoms with E-state index in [4.69, 9.17) is 11.6 Å². The van der Waals surface area contributed by atoms with Crippen LogP contribution in [0.4, 0.5) is 0 Å². The van der Waals surface area contributed by atoms with Crippen molar-refractivity contribution in [1.29, 1.82) is 0 Å². The van der Waals surface area contributed by atoms with Crippen LogP contribution in [0.25, 0.3) is 6.08 Å². The number of amides is 1. The van der Waals surface area contributed by atoms with Gasteiger partial charge in [-0.25, -0.2) is 0 Å². The van der Waals surface area contributed by atoms with Gasteiger partial charge >= 0.3 is 0 Å². The van der Waals surface area contributed by atoms with E-state index in [-0.39, 0.29) is 11.8 Å². The molecule has 3 heterocycles. The second-order valence-corrected chi connectivity index (χ2v) is 8.41. The first-order valence-electron chi connectivity index (χ1n) is 8.83. The minimum atomic E-state index is -0.00518. The number of carbonyl (C=O) groups is 1. The predicted octanol–water partition coefficient (Wildman–Crippen LogP) is 5.29. The molecule has 3 aromatic rings. The van der Waals surface area contributed by atoms with E-state index < -0.39 is 0 Å². The first kappa shape index (κ1) is 18.0. The molecule has 3 nitrogen and oxygen atoms in total. The Bertz CT molecular complexity index is 997. The standard InChI is InChI=1S/C22H19ClN2OS/c1-15-6-2-3-8-17(15)19-13-25(14-20-18(19)12-21(23)27-20)22(26)10-9-16-7-4-5-11-24-16/h2-12,19H,13-14H2,1H3/b10-9+/t19-/m1/s1. The van der Waals surface area contributed by atoms with E-state index in [0.717, 1.165) is 10.0 Å². The quantitative estimate of drug-likeness (QED) is 0.565. The normalized spacial score (nSPS) is 16.5. The Morgan fingerprint density at radius 2 is 2.04 bits per heavy atom. The molecule has 0 spiro atoms.